The molecule has 0 spiro atoms. The van der Waals surface area contributed by atoms with Gasteiger partial charge in [-0.15, -0.1) is 0 Å². The molecule has 0 unspecified atom stereocenters. The van der Waals surface area contributed by atoms with Crippen molar-refractivity contribution in [3.63, 3.8) is 0 Å². The topological polar surface area (TPSA) is 80.8 Å². The van der Waals surface area contributed by atoms with Crippen LogP contribution in [0.5, 0.6) is 11.5 Å². The van der Waals surface area contributed by atoms with Crippen molar-refractivity contribution in [1.29, 1.82) is 0 Å². The molecule has 0 atom stereocenters. The summed E-state index contributed by atoms with van der Waals surface area (Å²) < 4.78 is 10.7. The maximum atomic E-state index is 13.6. The summed E-state index contributed by atoms with van der Waals surface area (Å²) in [5, 5.41) is 3.82. The molecular formula is C29H25N3O4. The highest BCUT2D eigenvalue weighted by molar-refractivity contribution is 6.07. The standard InChI is InChI=1S/C29H25N3O4/c33-28(30-21-10-11-26-27(16-21)36-18-35-26)20-12-14-32(15-13-20)29(34)23-17-25(19-6-2-1-3-7-19)31-24-9-5-4-8-22(23)24/h1-11,16-17,20H,12-15,18H2,(H,30,33). The summed E-state index contributed by atoms with van der Waals surface area (Å²) in [6.07, 6.45) is 1.22. The van der Waals surface area contributed by atoms with Gasteiger partial charge in [0.05, 0.1) is 16.8 Å². The molecule has 180 valence electrons. The van der Waals surface area contributed by atoms with E-state index in [4.69, 9.17) is 14.5 Å². The second-order valence-electron chi connectivity index (χ2n) is 9.06. The van der Waals surface area contributed by atoms with E-state index >= 15 is 0 Å². The molecule has 2 amide bonds. The number of pyridine rings is 1. The van der Waals surface area contributed by atoms with Crippen molar-refractivity contribution in [2.45, 2.75) is 12.8 Å². The first kappa shape index (κ1) is 22.1. The number of fused-ring (bicyclic) bond motifs is 2. The Morgan fingerprint density at radius 2 is 1.61 bits per heavy atom. The van der Waals surface area contributed by atoms with Crippen LogP contribution in [0.2, 0.25) is 0 Å². The van der Waals surface area contributed by atoms with E-state index in [0.29, 0.717) is 48.7 Å². The molecule has 1 N–H and O–H groups in total. The Balaban J connectivity index is 1.17. The molecule has 2 aliphatic rings. The van der Waals surface area contributed by atoms with Gasteiger partial charge in [-0.25, -0.2) is 4.98 Å². The Hall–Kier alpha value is -4.39. The Bertz CT molecular complexity index is 1450. The zero-order chi connectivity index (χ0) is 24.5. The number of nitrogens with zero attached hydrogens (tertiary/aromatic N) is 2. The second-order valence-corrected chi connectivity index (χ2v) is 9.06. The van der Waals surface area contributed by atoms with E-state index in [1.165, 1.54) is 0 Å². The largest absolute Gasteiger partial charge is 0.454 e. The molecule has 0 aliphatic carbocycles. The normalized spacial score (nSPS) is 15.2. The van der Waals surface area contributed by atoms with Crippen LogP contribution in [0.25, 0.3) is 22.2 Å². The van der Waals surface area contributed by atoms with Gasteiger partial charge in [0.1, 0.15) is 0 Å². The van der Waals surface area contributed by atoms with Crippen molar-refractivity contribution < 1.29 is 19.1 Å². The first-order valence-electron chi connectivity index (χ1n) is 12.1. The van der Waals surface area contributed by atoms with Gasteiger partial charge in [0.25, 0.3) is 5.91 Å². The number of benzene rings is 3. The van der Waals surface area contributed by atoms with E-state index in [0.717, 1.165) is 22.2 Å². The molecule has 6 rings (SSSR count). The van der Waals surface area contributed by atoms with Crippen LogP contribution in [-0.4, -0.2) is 41.6 Å². The monoisotopic (exact) mass is 479 g/mol. The number of ether oxygens (including phenoxy) is 2. The average molecular weight is 480 g/mol. The summed E-state index contributed by atoms with van der Waals surface area (Å²) in [4.78, 5) is 33.2. The van der Waals surface area contributed by atoms with Crippen LogP contribution in [0.15, 0.2) is 78.9 Å². The lowest BCUT2D eigenvalue weighted by Crippen LogP contribution is -2.41. The van der Waals surface area contributed by atoms with Crippen molar-refractivity contribution in [2.75, 3.05) is 25.2 Å². The minimum absolute atomic E-state index is 0.0274. The van der Waals surface area contributed by atoms with Crippen LogP contribution in [-0.2, 0) is 4.79 Å². The molecule has 0 radical (unpaired) electrons. The minimum Gasteiger partial charge on any atom is -0.454 e. The number of rotatable bonds is 4. The molecule has 7 nitrogen and oxygen atoms in total. The number of aromatic nitrogens is 1. The van der Waals surface area contributed by atoms with Crippen LogP contribution < -0.4 is 14.8 Å². The zero-order valence-electron chi connectivity index (χ0n) is 19.6. The maximum Gasteiger partial charge on any atom is 0.254 e. The number of piperidine rings is 1. The van der Waals surface area contributed by atoms with E-state index < -0.39 is 0 Å². The quantitative estimate of drug-likeness (QED) is 0.439. The molecule has 3 heterocycles. The molecule has 4 aromatic rings. The predicted molar refractivity (Wildman–Crippen MR) is 137 cm³/mol. The lowest BCUT2D eigenvalue weighted by atomic mass is 9.94. The SMILES string of the molecule is O=C(Nc1ccc2c(c1)OCO2)C1CCN(C(=O)c2cc(-c3ccccc3)nc3ccccc23)CC1. The number of nitrogens with one attached hydrogen (secondary N) is 1. The highest BCUT2D eigenvalue weighted by Crippen LogP contribution is 2.34. The van der Waals surface area contributed by atoms with Gasteiger partial charge in [0, 0.05) is 41.7 Å². The van der Waals surface area contributed by atoms with Crippen LogP contribution >= 0.6 is 0 Å². The molecule has 1 aromatic heterocycles. The van der Waals surface area contributed by atoms with E-state index in [1.807, 2.05) is 71.6 Å². The summed E-state index contributed by atoms with van der Waals surface area (Å²) in [6.45, 7) is 1.24. The van der Waals surface area contributed by atoms with Gasteiger partial charge >= 0.3 is 0 Å². The van der Waals surface area contributed by atoms with Crippen LogP contribution in [0.3, 0.4) is 0 Å². The molecule has 3 aromatic carbocycles. The van der Waals surface area contributed by atoms with E-state index in [-0.39, 0.29) is 24.5 Å². The van der Waals surface area contributed by atoms with Crippen molar-refractivity contribution in [2.24, 2.45) is 5.92 Å². The number of likely N-dealkylation sites (tertiary alicyclic amines) is 1. The first-order valence-corrected chi connectivity index (χ1v) is 12.1. The number of anilines is 1. The van der Waals surface area contributed by atoms with Gasteiger partial charge in [-0.2, -0.15) is 0 Å². The minimum atomic E-state index is -0.159. The van der Waals surface area contributed by atoms with E-state index in [1.54, 1.807) is 12.1 Å². The van der Waals surface area contributed by atoms with Crippen LogP contribution in [0.1, 0.15) is 23.2 Å². The number of hydrogen-bond donors (Lipinski definition) is 1. The molecule has 0 bridgehead atoms. The van der Waals surface area contributed by atoms with Crippen LogP contribution in [0, 0.1) is 5.92 Å². The molecule has 1 saturated heterocycles. The Morgan fingerprint density at radius 1 is 0.861 bits per heavy atom. The molecule has 0 saturated carbocycles. The smallest absolute Gasteiger partial charge is 0.254 e. The lowest BCUT2D eigenvalue weighted by molar-refractivity contribution is -0.121. The molecule has 36 heavy (non-hydrogen) atoms. The Labute approximate surface area is 208 Å². The van der Waals surface area contributed by atoms with Gasteiger partial charge in [-0.3, -0.25) is 9.59 Å². The van der Waals surface area contributed by atoms with Gasteiger partial charge in [0.15, 0.2) is 11.5 Å². The van der Waals surface area contributed by atoms with Crippen molar-refractivity contribution in [3.8, 4) is 22.8 Å². The summed E-state index contributed by atoms with van der Waals surface area (Å²) in [5.41, 5.74) is 3.86. The number of amides is 2. The third kappa shape index (κ3) is 4.24. The fraction of sp³-hybridized carbons (Fsp3) is 0.207. The highest BCUT2D eigenvalue weighted by atomic mass is 16.7. The number of carbonyl (C=O) groups excluding carboxylic acids is 2. The van der Waals surface area contributed by atoms with E-state index in [2.05, 4.69) is 5.32 Å². The van der Waals surface area contributed by atoms with E-state index in [9.17, 15) is 9.59 Å². The van der Waals surface area contributed by atoms with Gasteiger partial charge in [-0.1, -0.05) is 48.5 Å². The van der Waals surface area contributed by atoms with Crippen molar-refractivity contribution in [3.05, 3.63) is 84.4 Å². The fourth-order valence-electron chi connectivity index (χ4n) is 4.84. The number of para-hydroxylation sites is 1. The van der Waals surface area contributed by atoms with Crippen molar-refractivity contribution >= 4 is 28.4 Å². The Morgan fingerprint density at radius 3 is 2.44 bits per heavy atom. The number of hydrogen-bond acceptors (Lipinski definition) is 5. The lowest BCUT2D eigenvalue weighted by Gasteiger charge is -2.31. The third-order valence-corrected chi connectivity index (χ3v) is 6.81. The van der Waals surface area contributed by atoms with Crippen molar-refractivity contribution in [1.82, 2.24) is 9.88 Å². The molecular weight excluding hydrogens is 454 g/mol. The fourth-order valence-corrected chi connectivity index (χ4v) is 4.84. The Kier molecular flexibility index (Phi) is 5.73. The second kappa shape index (κ2) is 9.34. The maximum absolute atomic E-state index is 13.6. The van der Waals surface area contributed by atoms with Gasteiger partial charge in [-0.05, 0) is 37.1 Å². The van der Waals surface area contributed by atoms with Gasteiger partial charge in [0.2, 0.25) is 12.7 Å². The zero-order valence-corrected chi connectivity index (χ0v) is 19.6. The first-order chi connectivity index (χ1) is 17.7. The highest BCUT2D eigenvalue weighted by Gasteiger charge is 2.29. The average Bonchev–Trinajstić information content (AvgIpc) is 3.40. The van der Waals surface area contributed by atoms with Gasteiger partial charge < -0.3 is 19.7 Å². The third-order valence-electron chi connectivity index (χ3n) is 6.81. The number of carbonyl (C=O) groups is 2. The van der Waals surface area contributed by atoms with Crippen LogP contribution in [0.4, 0.5) is 5.69 Å². The summed E-state index contributed by atoms with van der Waals surface area (Å²) >= 11 is 0. The predicted octanol–water partition coefficient (Wildman–Crippen LogP) is 5.12. The molecule has 7 heteroatoms. The molecule has 2 aliphatic heterocycles. The summed E-state index contributed by atoms with van der Waals surface area (Å²) in [6, 6.07) is 24.9. The molecule has 1 fully saturated rings. The summed E-state index contributed by atoms with van der Waals surface area (Å²) in [5.74, 6) is 1.09. The summed E-state index contributed by atoms with van der Waals surface area (Å²) in [7, 11) is 0.